The minimum atomic E-state index is -0.0608. The minimum Gasteiger partial charge on any atom is -0.508 e. The zero-order valence-electron chi connectivity index (χ0n) is 14.3. The number of phenols is 2. The van der Waals surface area contributed by atoms with Crippen molar-refractivity contribution in [2.75, 3.05) is 0 Å². The van der Waals surface area contributed by atoms with Crippen molar-refractivity contribution in [1.29, 1.82) is 0 Å². The predicted molar refractivity (Wildman–Crippen MR) is 104 cm³/mol. The Hall–Kier alpha value is -3.93. The van der Waals surface area contributed by atoms with E-state index in [0.717, 1.165) is 11.1 Å². The van der Waals surface area contributed by atoms with Gasteiger partial charge >= 0.3 is 0 Å². The highest BCUT2D eigenvalue weighted by molar-refractivity contribution is 5.84. The number of phenolic OH excluding ortho intramolecular Hbond substituents is 2. The number of aromatic nitrogens is 3. The summed E-state index contributed by atoms with van der Waals surface area (Å²) in [6.07, 6.45) is 1.51. The molecule has 6 nitrogen and oxygen atoms in total. The Morgan fingerprint density at radius 2 is 1.30 bits per heavy atom. The molecule has 6 heteroatoms. The van der Waals surface area contributed by atoms with Crippen LogP contribution in [0.4, 0.5) is 0 Å². The highest BCUT2D eigenvalue weighted by Crippen LogP contribution is 2.25. The summed E-state index contributed by atoms with van der Waals surface area (Å²) in [4.78, 5) is 0. The first-order valence-electron chi connectivity index (χ1n) is 8.35. The molecule has 0 radical (unpaired) electrons. The molecule has 4 rings (SSSR count). The smallest absolute Gasteiger partial charge is 0.185 e. The van der Waals surface area contributed by atoms with E-state index in [4.69, 9.17) is 0 Å². The van der Waals surface area contributed by atoms with E-state index in [1.807, 2.05) is 60.7 Å². The molecule has 3 aromatic carbocycles. The molecule has 0 atom stereocenters. The third-order valence-electron chi connectivity index (χ3n) is 4.03. The summed E-state index contributed by atoms with van der Waals surface area (Å²) >= 11 is 0. The molecule has 0 amide bonds. The van der Waals surface area contributed by atoms with E-state index in [0.29, 0.717) is 17.2 Å². The molecule has 0 bridgehead atoms. The lowest BCUT2D eigenvalue weighted by Gasteiger charge is -2.05. The van der Waals surface area contributed by atoms with Gasteiger partial charge in [-0.2, -0.15) is 9.78 Å². The van der Waals surface area contributed by atoms with Gasteiger partial charge in [0.05, 0.1) is 6.21 Å². The average Bonchev–Trinajstić information content (AvgIpc) is 3.12. The Labute approximate surface area is 155 Å². The van der Waals surface area contributed by atoms with Crippen LogP contribution in [0.2, 0.25) is 0 Å². The summed E-state index contributed by atoms with van der Waals surface area (Å²) in [5.74, 6) is 1.10. The van der Waals surface area contributed by atoms with Crippen molar-refractivity contribution in [2.24, 2.45) is 5.10 Å². The summed E-state index contributed by atoms with van der Waals surface area (Å²) in [6.45, 7) is 0. The molecular formula is C21H16N4O2. The molecule has 0 aliphatic rings. The van der Waals surface area contributed by atoms with Gasteiger partial charge in [-0.05, 0) is 12.1 Å². The lowest BCUT2D eigenvalue weighted by molar-refractivity contribution is 0.450. The highest BCUT2D eigenvalue weighted by atomic mass is 16.3. The Bertz CT molecular complexity index is 1030. The molecule has 0 fully saturated rings. The molecule has 27 heavy (non-hydrogen) atoms. The van der Waals surface area contributed by atoms with E-state index < -0.39 is 0 Å². The van der Waals surface area contributed by atoms with E-state index in [1.165, 1.54) is 18.3 Å². The molecular weight excluding hydrogens is 340 g/mol. The van der Waals surface area contributed by atoms with Gasteiger partial charge in [0.15, 0.2) is 11.6 Å². The van der Waals surface area contributed by atoms with Crippen LogP contribution in [0.3, 0.4) is 0 Å². The zero-order valence-corrected chi connectivity index (χ0v) is 14.3. The van der Waals surface area contributed by atoms with Crippen molar-refractivity contribution in [3.05, 3.63) is 84.4 Å². The Balaban J connectivity index is 1.83. The van der Waals surface area contributed by atoms with Gasteiger partial charge < -0.3 is 10.2 Å². The maximum atomic E-state index is 10.0. The van der Waals surface area contributed by atoms with Crippen molar-refractivity contribution in [3.63, 3.8) is 0 Å². The van der Waals surface area contributed by atoms with E-state index in [1.54, 1.807) is 10.7 Å². The lowest BCUT2D eigenvalue weighted by Crippen LogP contribution is -1.98. The second-order valence-corrected chi connectivity index (χ2v) is 5.88. The first-order valence-corrected chi connectivity index (χ1v) is 8.35. The van der Waals surface area contributed by atoms with Gasteiger partial charge in [0, 0.05) is 22.8 Å². The molecule has 132 valence electrons. The fraction of sp³-hybridized carbons (Fsp3) is 0. The van der Waals surface area contributed by atoms with Gasteiger partial charge in [-0.1, -0.05) is 60.7 Å². The standard InChI is InChI=1S/C21H16N4O2/c26-18-12-11-17(19(27)13-18)14-22-25-20(15-7-3-1-4-8-15)23-24-21(25)16-9-5-2-6-10-16/h1-14,26-27H. The number of benzene rings is 3. The summed E-state index contributed by atoms with van der Waals surface area (Å²) in [6, 6.07) is 23.6. The largest absolute Gasteiger partial charge is 0.508 e. The second-order valence-electron chi connectivity index (χ2n) is 5.88. The fourth-order valence-electron chi connectivity index (χ4n) is 2.68. The summed E-state index contributed by atoms with van der Waals surface area (Å²) in [5.41, 5.74) is 2.22. The van der Waals surface area contributed by atoms with E-state index in [-0.39, 0.29) is 11.5 Å². The minimum absolute atomic E-state index is 0.0103. The van der Waals surface area contributed by atoms with E-state index in [9.17, 15) is 10.2 Å². The van der Waals surface area contributed by atoms with Crippen LogP contribution in [0.25, 0.3) is 22.8 Å². The number of nitrogens with zero attached hydrogens (tertiary/aromatic N) is 4. The van der Waals surface area contributed by atoms with E-state index in [2.05, 4.69) is 15.3 Å². The summed E-state index contributed by atoms with van der Waals surface area (Å²) in [7, 11) is 0. The Morgan fingerprint density at radius 1 is 0.741 bits per heavy atom. The summed E-state index contributed by atoms with van der Waals surface area (Å²) in [5, 5.41) is 32.6. The van der Waals surface area contributed by atoms with Crippen LogP contribution in [0, 0.1) is 0 Å². The number of hydrogen-bond donors (Lipinski definition) is 2. The fourth-order valence-corrected chi connectivity index (χ4v) is 2.68. The quantitative estimate of drug-likeness (QED) is 0.543. The van der Waals surface area contributed by atoms with Gasteiger partial charge in [-0.25, -0.2) is 0 Å². The first-order chi connectivity index (χ1) is 13.2. The predicted octanol–water partition coefficient (Wildman–Crippen LogP) is 3.91. The average molecular weight is 356 g/mol. The molecule has 1 aromatic heterocycles. The van der Waals surface area contributed by atoms with Crippen LogP contribution in [0.5, 0.6) is 11.5 Å². The molecule has 0 aliphatic heterocycles. The van der Waals surface area contributed by atoms with Gasteiger partial charge in [-0.3, -0.25) is 0 Å². The van der Waals surface area contributed by atoms with Crippen LogP contribution in [0.15, 0.2) is 84.0 Å². The van der Waals surface area contributed by atoms with Crippen molar-refractivity contribution < 1.29 is 10.2 Å². The monoisotopic (exact) mass is 356 g/mol. The van der Waals surface area contributed by atoms with Gasteiger partial charge in [0.2, 0.25) is 0 Å². The molecule has 0 saturated carbocycles. The Kier molecular flexibility index (Phi) is 4.37. The van der Waals surface area contributed by atoms with Crippen LogP contribution in [-0.2, 0) is 0 Å². The zero-order chi connectivity index (χ0) is 18.6. The third kappa shape index (κ3) is 3.41. The highest BCUT2D eigenvalue weighted by Gasteiger charge is 2.14. The lowest BCUT2D eigenvalue weighted by atomic mass is 10.2. The number of aromatic hydroxyl groups is 2. The second kappa shape index (κ2) is 7.13. The van der Waals surface area contributed by atoms with Gasteiger partial charge in [0.25, 0.3) is 0 Å². The molecule has 1 heterocycles. The molecule has 0 saturated heterocycles. The van der Waals surface area contributed by atoms with Gasteiger partial charge in [0.1, 0.15) is 11.5 Å². The van der Waals surface area contributed by atoms with Crippen molar-refractivity contribution in [3.8, 4) is 34.3 Å². The Morgan fingerprint density at radius 3 is 1.81 bits per heavy atom. The molecule has 0 unspecified atom stereocenters. The maximum absolute atomic E-state index is 10.0. The molecule has 2 N–H and O–H groups in total. The summed E-state index contributed by atoms with van der Waals surface area (Å²) < 4.78 is 1.64. The first kappa shape index (κ1) is 16.5. The van der Waals surface area contributed by atoms with Crippen molar-refractivity contribution >= 4 is 6.21 Å². The number of rotatable bonds is 4. The van der Waals surface area contributed by atoms with Crippen molar-refractivity contribution in [1.82, 2.24) is 14.9 Å². The normalized spacial score (nSPS) is 11.1. The third-order valence-corrected chi connectivity index (χ3v) is 4.03. The molecule has 4 aromatic rings. The molecule has 0 spiro atoms. The van der Waals surface area contributed by atoms with Crippen LogP contribution in [-0.4, -0.2) is 31.3 Å². The van der Waals surface area contributed by atoms with Crippen LogP contribution < -0.4 is 0 Å². The number of hydrogen-bond acceptors (Lipinski definition) is 5. The topological polar surface area (TPSA) is 83.5 Å². The molecule has 0 aliphatic carbocycles. The van der Waals surface area contributed by atoms with Crippen molar-refractivity contribution in [2.45, 2.75) is 0 Å². The van der Waals surface area contributed by atoms with Crippen LogP contribution in [0.1, 0.15) is 5.56 Å². The van der Waals surface area contributed by atoms with Crippen LogP contribution >= 0.6 is 0 Å². The maximum Gasteiger partial charge on any atom is 0.185 e. The van der Waals surface area contributed by atoms with Gasteiger partial charge in [-0.15, -0.1) is 10.2 Å². The SMILES string of the molecule is Oc1ccc(C=Nn2c(-c3ccccc3)nnc2-c2ccccc2)c(O)c1. The van der Waals surface area contributed by atoms with E-state index >= 15 is 0 Å².